The van der Waals surface area contributed by atoms with Crippen LogP contribution in [0.1, 0.15) is 5.56 Å². The molecule has 0 fully saturated rings. The normalized spacial score (nSPS) is 10.3. The molecule has 0 saturated carbocycles. The second-order valence-corrected chi connectivity index (χ2v) is 2.61. The highest BCUT2D eigenvalue weighted by Crippen LogP contribution is 2.28. The molecule has 1 rings (SSSR count). The fraction of sp³-hybridized carbons (Fsp3) is 0.250. The molecule has 0 aliphatic rings. The molecule has 0 N–H and O–H groups in total. The number of rotatable bonds is 3. The lowest BCUT2D eigenvalue weighted by Crippen LogP contribution is -2.04. The zero-order valence-corrected chi connectivity index (χ0v) is 7.24. The van der Waals surface area contributed by atoms with E-state index in [4.69, 9.17) is 0 Å². The number of ether oxygens (including phenoxy) is 1. The van der Waals surface area contributed by atoms with E-state index in [-0.39, 0.29) is 0 Å². The molecule has 0 unspecified atom stereocenters. The molecule has 1 aromatic carbocycles. The quantitative estimate of drug-likeness (QED) is 0.560. The Labute approximate surface area is 78.3 Å². The third-order valence-corrected chi connectivity index (χ3v) is 1.53. The molecule has 0 bridgehead atoms. The molecular weight excluding hydrogens is 196 g/mol. The van der Waals surface area contributed by atoms with Crippen molar-refractivity contribution < 1.29 is 18.4 Å². The van der Waals surface area contributed by atoms with Crippen molar-refractivity contribution in [2.45, 2.75) is 13.5 Å². The summed E-state index contributed by atoms with van der Waals surface area (Å²) in [5, 5.41) is 10.4. The summed E-state index contributed by atoms with van der Waals surface area (Å²) < 4.78 is 27.7. The van der Waals surface area contributed by atoms with E-state index in [0.29, 0.717) is 5.56 Å². The highest BCUT2D eigenvalue weighted by atomic mass is 19.3. The summed E-state index contributed by atoms with van der Waals surface area (Å²) in [5.74, 6) is -0.412. The Hall–Kier alpha value is -1.72. The lowest BCUT2D eigenvalue weighted by atomic mass is 10.2. The number of hydrogen-bond acceptors (Lipinski definition) is 3. The monoisotopic (exact) mass is 203 g/mol. The Morgan fingerprint density at radius 2 is 2.14 bits per heavy atom. The second-order valence-electron chi connectivity index (χ2n) is 2.61. The number of hydrogen-bond donors (Lipinski definition) is 0. The predicted octanol–water partition coefficient (Wildman–Crippen LogP) is 2.50. The zero-order chi connectivity index (χ0) is 10.7. The van der Waals surface area contributed by atoms with Gasteiger partial charge in [-0.3, -0.25) is 10.1 Å². The van der Waals surface area contributed by atoms with Gasteiger partial charge in [0.05, 0.1) is 4.92 Å². The molecule has 6 heteroatoms. The fourth-order valence-electron chi connectivity index (χ4n) is 0.963. The first-order valence-electron chi connectivity index (χ1n) is 3.70. The van der Waals surface area contributed by atoms with Crippen LogP contribution in [-0.2, 0) is 0 Å². The topological polar surface area (TPSA) is 52.4 Å². The summed E-state index contributed by atoms with van der Waals surface area (Å²) in [6, 6.07) is 3.79. The van der Waals surface area contributed by atoms with Gasteiger partial charge in [0.15, 0.2) is 0 Å². The lowest BCUT2D eigenvalue weighted by molar-refractivity contribution is -0.386. The molecule has 0 heterocycles. The standard InChI is InChI=1S/C8H7F2NO3/c1-5-2-3-6(11(12)13)7(4-5)14-8(9)10/h2-4,8H,1H3. The van der Waals surface area contributed by atoms with Gasteiger partial charge in [-0.05, 0) is 18.6 Å². The largest absolute Gasteiger partial charge is 0.427 e. The number of aryl methyl sites for hydroxylation is 1. The van der Waals surface area contributed by atoms with Crippen molar-refractivity contribution in [2.75, 3.05) is 0 Å². The predicted molar refractivity (Wildman–Crippen MR) is 44.5 cm³/mol. The van der Waals surface area contributed by atoms with Crippen LogP contribution < -0.4 is 4.74 Å². The number of nitro groups is 1. The number of alkyl halides is 2. The second kappa shape index (κ2) is 3.99. The summed E-state index contributed by atoms with van der Waals surface area (Å²) in [4.78, 5) is 9.63. The van der Waals surface area contributed by atoms with E-state index >= 15 is 0 Å². The van der Waals surface area contributed by atoms with Crippen LogP contribution in [0.15, 0.2) is 18.2 Å². The molecule has 0 atom stereocenters. The number of benzene rings is 1. The van der Waals surface area contributed by atoms with E-state index in [1.165, 1.54) is 12.1 Å². The first-order valence-corrected chi connectivity index (χ1v) is 3.70. The third-order valence-electron chi connectivity index (χ3n) is 1.53. The van der Waals surface area contributed by atoms with Crippen LogP contribution in [0.3, 0.4) is 0 Å². The first-order chi connectivity index (χ1) is 6.50. The molecule has 0 amide bonds. The minimum atomic E-state index is -3.06. The molecular formula is C8H7F2NO3. The van der Waals surface area contributed by atoms with Gasteiger partial charge in [-0.2, -0.15) is 8.78 Å². The van der Waals surface area contributed by atoms with Crippen molar-refractivity contribution in [3.8, 4) is 5.75 Å². The van der Waals surface area contributed by atoms with Crippen molar-refractivity contribution in [3.05, 3.63) is 33.9 Å². The summed E-state index contributed by atoms with van der Waals surface area (Å²) in [7, 11) is 0. The summed E-state index contributed by atoms with van der Waals surface area (Å²) in [5.41, 5.74) is 0.155. The molecule has 0 radical (unpaired) electrons. The van der Waals surface area contributed by atoms with Gasteiger partial charge in [0.1, 0.15) is 0 Å². The smallest absolute Gasteiger partial charge is 0.387 e. The molecule has 0 spiro atoms. The van der Waals surface area contributed by atoms with E-state index in [1.807, 2.05) is 0 Å². The summed E-state index contributed by atoms with van der Waals surface area (Å²) in [6.45, 7) is -1.43. The number of nitrogens with zero attached hydrogens (tertiary/aromatic N) is 1. The van der Waals surface area contributed by atoms with Crippen molar-refractivity contribution in [1.29, 1.82) is 0 Å². The van der Waals surface area contributed by atoms with Crippen molar-refractivity contribution >= 4 is 5.69 Å². The SMILES string of the molecule is Cc1ccc([N+](=O)[O-])c(OC(F)F)c1. The van der Waals surface area contributed by atoms with Crippen molar-refractivity contribution in [2.24, 2.45) is 0 Å². The van der Waals surface area contributed by atoms with Gasteiger partial charge in [0, 0.05) is 6.07 Å². The van der Waals surface area contributed by atoms with Gasteiger partial charge in [0.25, 0.3) is 0 Å². The van der Waals surface area contributed by atoms with Crippen LogP contribution in [0.5, 0.6) is 5.75 Å². The molecule has 0 aliphatic heterocycles. The lowest BCUT2D eigenvalue weighted by Gasteiger charge is -2.05. The fourth-order valence-corrected chi connectivity index (χ4v) is 0.963. The van der Waals surface area contributed by atoms with Gasteiger partial charge in [-0.25, -0.2) is 0 Å². The molecule has 76 valence electrons. The van der Waals surface area contributed by atoms with Crippen molar-refractivity contribution in [1.82, 2.24) is 0 Å². The maximum Gasteiger partial charge on any atom is 0.387 e. The molecule has 0 saturated heterocycles. The van der Waals surface area contributed by atoms with Crippen LogP contribution in [0.25, 0.3) is 0 Å². The average Bonchev–Trinajstić information content (AvgIpc) is 2.01. The van der Waals surface area contributed by atoms with E-state index in [0.717, 1.165) is 6.07 Å². The average molecular weight is 203 g/mol. The van der Waals surface area contributed by atoms with Crippen LogP contribution >= 0.6 is 0 Å². The van der Waals surface area contributed by atoms with E-state index in [1.54, 1.807) is 6.92 Å². The summed E-state index contributed by atoms with van der Waals surface area (Å²) in [6.07, 6.45) is 0. The highest BCUT2D eigenvalue weighted by Gasteiger charge is 2.17. The molecule has 0 aromatic heterocycles. The van der Waals surface area contributed by atoms with Crippen LogP contribution in [0.2, 0.25) is 0 Å². The van der Waals surface area contributed by atoms with Crippen molar-refractivity contribution in [3.63, 3.8) is 0 Å². The minimum absolute atomic E-state index is 0.412. The van der Waals surface area contributed by atoms with Gasteiger partial charge in [-0.1, -0.05) is 6.07 Å². The highest BCUT2D eigenvalue weighted by molar-refractivity contribution is 5.48. The summed E-state index contributed by atoms with van der Waals surface area (Å²) >= 11 is 0. The van der Waals surface area contributed by atoms with Crippen LogP contribution in [-0.4, -0.2) is 11.5 Å². The molecule has 0 aliphatic carbocycles. The number of nitro benzene ring substituents is 1. The minimum Gasteiger partial charge on any atom is -0.427 e. The molecule has 4 nitrogen and oxygen atoms in total. The Morgan fingerprint density at radius 3 is 2.64 bits per heavy atom. The Morgan fingerprint density at radius 1 is 1.50 bits per heavy atom. The maximum atomic E-state index is 11.9. The Balaban J connectivity index is 3.09. The third kappa shape index (κ3) is 2.38. The van der Waals surface area contributed by atoms with Gasteiger partial charge in [0.2, 0.25) is 5.75 Å². The van der Waals surface area contributed by atoms with Crippen LogP contribution in [0.4, 0.5) is 14.5 Å². The van der Waals surface area contributed by atoms with E-state index in [9.17, 15) is 18.9 Å². The molecule has 14 heavy (non-hydrogen) atoms. The zero-order valence-electron chi connectivity index (χ0n) is 7.24. The Kier molecular flexibility index (Phi) is 2.95. The van der Waals surface area contributed by atoms with E-state index in [2.05, 4.69) is 4.74 Å². The molecule has 1 aromatic rings. The first kappa shape index (κ1) is 10.4. The maximum absolute atomic E-state index is 11.9. The Bertz CT molecular complexity index is 354. The van der Waals surface area contributed by atoms with Gasteiger partial charge in [-0.15, -0.1) is 0 Å². The number of halogens is 2. The van der Waals surface area contributed by atoms with Gasteiger partial charge < -0.3 is 4.74 Å². The van der Waals surface area contributed by atoms with E-state index < -0.39 is 23.0 Å². The van der Waals surface area contributed by atoms with Gasteiger partial charge >= 0.3 is 12.3 Å². The van der Waals surface area contributed by atoms with Crippen LogP contribution in [0, 0.1) is 17.0 Å².